The maximum Gasteiger partial charge on any atom is 0.305 e. The van der Waals surface area contributed by atoms with Crippen molar-refractivity contribution in [3.8, 4) is 5.75 Å². The van der Waals surface area contributed by atoms with Crippen LogP contribution in [0.25, 0.3) is 0 Å². The first-order chi connectivity index (χ1) is 23.7. The van der Waals surface area contributed by atoms with Crippen LogP contribution in [0.1, 0.15) is 71.0 Å². The van der Waals surface area contributed by atoms with Crippen LogP contribution in [0.3, 0.4) is 0 Å². The predicted octanol–water partition coefficient (Wildman–Crippen LogP) is 2.74. The van der Waals surface area contributed by atoms with E-state index in [1.54, 1.807) is 12.1 Å². The maximum absolute atomic E-state index is 13.3. The first-order valence-corrected chi connectivity index (χ1v) is 18.4. The van der Waals surface area contributed by atoms with Gasteiger partial charge in [-0.25, -0.2) is 0 Å². The second-order valence-electron chi connectivity index (χ2n) is 12.8. The summed E-state index contributed by atoms with van der Waals surface area (Å²) in [7, 11) is 1.35. The third-order valence-corrected chi connectivity index (χ3v) is 9.24. The summed E-state index contributed by atoms with van der Waals surface area (Å²) in [5.41, 5.74) is 12.8. The van der Waals surface area contributed by atoms with E-state index in [0.717, 1.165) is 45.4 Å². The fourth-order valence-electron chi connectivity index (χ4n) is 5.88. The third kappa shape index (κ3) is 14.0. The van der Waals surface area contributed by atoms with E-state index in [-0.39, 0.29) is 30.5 Å². The highest BCUT2D eigenvalue weighted by Gasteiger charge is 2.27. The number of aromatic hydroxyl groups is 1. The van der Waals surface area contributed by atoms with E-state index >= 15 is 0 Å². The molecule has 0 bridgehead atoms. The molecule has 2 aromatic rings. The molecule has 0 saturated heterocycles. The Kier molecular flexibility index (Phi) is 17.8. The van der Waals surface area contributed by atoms with Crippen LogP contribution in [0.15, 0.2) is 24.3 Å². The summed E-state index contributed by atoms with van der Waals surface area (Å²) in [6.07, 6.45) is 5.03. The summed E-state index contributed by atoms with van der Waals surface area (Å²) in [5, 5.41) is 20.9. The summed E-state index contributed by atoms with van der Waals surface area (Å²) < 4.78 is 4.66. The minimum Gasteiger partial charge on any atom is -0.508 e. The first kappa shape index (κ1) is 42.1. The molecule has 0 radical (unpaired) electrons. The van der Waals surface area contributed by atoms with Crippen LogP contribution in [0, 0.1) is 34.6 Å². The second-order valence-corrected chi connectivity index (χ2v) is 13.8. The lowest BCUT2D eigenvalue weighted by Crippen LogP contribution is -2.54. The number of unbranched alkanes of at least 4 members (excludes halogenated alkanes) is 2. The molecule has 276 valence electrons. The molecule has 0 aliphatic rings. The molecule has 3 atom stereocenters. The van der Waals surface area contributed by atoms with E-state index in [1.165, 1.54) is 18.9 Å². The van der Waals surface area contributed by atoms with Crippen LogP contribution in [0.4, 0.5) is 0 Å². The molecule has 0 spiro atoms. The SMILES string of the molecule is COC(=O)CCCCCNC(=O)[C@H](Cc1c(C)cc(C)cc1C)NC(=O)CNC(=O)[C@@H](CCSC)NC(=O)[C@H](N)Cc1c(C)cc(O)cc1C. The Morgan fingerprint density at radius 1 is 0.780 bits per heavy atom. The van der Waals surface area contributed by atoms with E-state index in [2.05, 4.69) is 26.0 Å². The average Bonchev–Trinajstić information content (AvgIpc) is 3.05. The minimum atomic E-state index is -0.939. The summed E-state index contributed by atoms with van der Waals surface area (Å²) >= 11 is 1.51. The van der Waals surface area contributed by atoms with Gasteiger partial charge in [-0.15, -0.1) is 0 Å². The van der Waals surface area contributed by atoms with E-state index < -0.39 is 42.4 Å². The number of esters is 1. The average molecular weight is 714 g/mol. The number of nitrogens with one attached hydrogen (secondary N) is 4. The molecular formula is C37H55N5O7S. The van der Waals surface area contributed by atoms with Gasteiger partial charge in [-0.3, -0.25) is 24.0 Å². The lowest BCUT2D eigenvalue weighted by Gasteiger charge is -2.23. The Morgan fingerprint density at radius 3 is 1.96 bits per heavy atom. The summed E-state index contributed by atoms with van der Waals surface area (Å²) in [5.74, 6) is -1.51. The Labute approximate surface area is 300 Å². The van der Waals surface area contributed by atoms with E-state index in [1.807, 2.05) is 53.0 Å². The Hall–Kier alpha value is -4.10. The molecule has 0 aromatic heterocycles. The molecule has 2 rings (SSSR count). The van der Waals surface area contributed by atoms with Crippen molar-refractivity contribution in [3.05, 3.63) is 63.2 Å². The number of hydrogen-bond donors (Lipinski definition) is 6. The van der Waals surface area contributed by atoms with Crippen LogP contribution < -0.4 is 27.0 Å². The van der Waals surface area contributed by atoms with Crippen LogP contribution in [-0.2, 0) is 41.6 Å². The van der Waals surface area contributed by atoms with E-state index in [9.17, 15) is 29.1 Å². The standard InChI is InChI=1S/C37H55N5O7S/c1-22-15-23(2)29(24(3)16-22)20-32(37(48)39-13-10-8-9-11-34(45)49-6)41-33(44)21-40-36(47)31(12-14-50-7)42-35(46)30(38)19-28-25(4)17-27(43)18-26(28)5/h15-18,30-32,43H,8-14,19-21,38H2,1-7H3,(H,39,48)(H,40,47)(H,41,44)(H,42,46)/t30-,31-,32+/m1/s1. The van der Waals surface area contributed by atoms with Crippen molar-refractivity contribution >= 4 is 41.4 Å². The molecule has 0 unspecified atom stereocenters. The fraction of sp³-hybridized carbons (Fsp3) is 0.541. The second kappa shape index (κ2) is 21.2. The van der Waals surface area contributed by atoms with E-state index in [0.29, 0.717) is 38.0 Å². The summed E-state index contributed by atoms with van der Waals surface area (Å²) in [6, 6.07) is 4.52. The topological polar surface area (TPSA) is 189 Å². The number of phenols is 1. The van der Waals surface area contributed by atoms with Crippen molar-refractivity contribution in [1.29, 1.82) is 0 Å². The third-order valence-electron chi connectivity index (χ3n) is 8.59. The van der Waals surface area contributed by atoms with Crippen LogP contribution >= 0.6 is 11.8 Å². The molecule has 0 aliphatic carbocycles. The quantitative estimate of drug-likeness (QED) is 0.0886. The van der Waals surface area contributed by atoms with Crippen molar-refractivity contribution in [3.63, 3.8) is 0 Å². The molecule has 4 amide bonds. The van der Waals surface area contributed by atoms with Gasteiger partial charge >= 0.3 is 5.97 Å². The Bertz CT molecular complexity index is 1450. The smallest absolute Gasteiger partial charge is 0.305 e. The number of amides is 4. The normalized spacial score (nSPS) is 12.7. The van der Waals surface area contributed by atoms with Gasteiger partial charge in [0.15, 0.2) is 0 Å². The summed E-state index contributed by atoms with van der Waals surface area (Å²) in [6.45, 7) is 9.58. The molecule has 0 fully saturated rings. The highest BCUT2D eigenvalue weighted by Crippen LogP contribution is 2.22. The molecule has 12 nitrogen and oxygen atoms in total. The zero-order chi connectivity index (χ0) is 37.4. The highest BCUT2D eigenvalue weighted by atomic mass is 32.2. The monoisotopic (exact) mass is 713 g/mol. The molecule has 13 heteroatoms. The molecular weight excluding hydrogens is 659 g/mol. The Balaban J connectivity index is 2.06. The lowest BCUT2D eigenvalue weighted by molar-refractivity contribution is -0.140. The zero-order valence-electron chi connectivity index (χ0n) is 30.5. The highest BCUT2D eigenvalue weighted by molar-refractivity contribution is 7.98. The van der Waals surface area contributed by atoms with Gasteiger partial charge in [0, 0.05) is 19.4 Å². The van der Waals surface area contributed by atoms with Crippen molar-refractivity contribution in [2.75, 3.05) is 32.2 Å². The molecule has 0 aliphatic heterocycles. The van der Waals surface area contributed by atoms with Gasteiger partial charge < -0.3 is 36.8 Å². The molecule has 50 heavy (non-hydrogen) atoms. The van der Waals surface area contributed by atoms with Crippen LogP contribution in [-0.4, -0.2) is 85.0 Å². The number of thioether (sulfide) groups is 1. The molecule has 0 saturated carbocycles. The minimum absolute atomic E-state index is 0.135. The predicted molar refractivity (Wildman–Crippen MR) is 197 cm³/mol. The number of carbonyl (C=O) groups is 5. The number of rotatable bonds is 20. The van der Waals surface area contributed by atoms with Gasteiger partial charge in [-0.1, -0.05) is 24.1 Å². The van der Waals surface area contributed by atoms with Gasteiger partial charge in [0.25, 0.3) is 0 Å². The van der Waals surface area contributed by atoms with Gasteiger partial charge in [0.05, 0.1) is 19.7 Å². The van der Waals surface area contributed by atoms with E-state index in [4.69, 9.17) is 5.73 Å². The largest absolute Gasteiger partial charge is 0.508 e. The number of carbonyl (C=O) groups excluding carboxylic acids is 5. The van der Waals surface area contributed by atoms with Gasteiger partial charge in [0.2, 0.25) is 23.6 Å². The van der Waals surface area contributed by atoms with Crippen molar-refractivity contribution < 1.29 is 33.8 Å². The maximum atomic E-state index is 13.3. The van der Waals surface area contributed by atoms with Crippen molar-refractivity contribution in [2.45, 2.75) is 97.7 Å². The molecule has 7 N–H and O–H groups in total. The van der Waals surface area contributed by atoms with Gasteiger partial charge in [-0.05, 0) is 118 Å². The van der Waals surface area contributed by atoms with Crippen LogP contribution in [0.5, 0.6) is 5.75 Å². The fourth-order valence-corrected chi connectivity index (χ4v) is 6.35. The number of nitrogens with two attached hydrogens (primary N) is 1. The first-order valence-electron chi connectivity index (χ1n) is 17.0. The molecule has 0 heterocycles. The number of hydrogen-bond acceptors (Lipinski definition) is 9. The van der Waals surface area contributed by atoms with Crippen molar-refractivity contribution in [2.24, 2.45) is 5.73 Å². The van der Waals surface area contributed by atoms with Crippen molar-refractivity contribution in [1.82, 2.24) is 21.3 Å². The number of benzene rings is 2. The zero-order valence-corrected chi connectivity index (χ0v) is 31.3. The van der Waals surface area contributed by atoms with Crippen LogP contribution in [0.2, 0.25) is 0 Å². The Morgan fingerprint density at radius 2 is 1.36 bits per heavy atom. The number of methoxy groups -OCH3 is 1. The van der Waals surface area contributed by atoms with Gasteiger partial charge in [0.1, 0.15) is 17.8 Å². The molecule has 2 aromatic carbocycles. The number of phenolic OH excluding ortho intramolecular Hbond substituents is 1. The number of aryl methyl sites for hydroxylation is 5. The van der Waals surface area contributed by atoms with Gasteiger partial charge in [-0.2, -0.15) is 11.8 Å². The number of ether oxygens (including phenoxy) is 1. The lowest BCUT2D eigenvalue weighted by atomic mass is 9.94. The summed E-state index contributed by atoms with van der Waals surface area (Å²) in [4.78, 5) is 64.2.